The van der Waals surface area contributed by atoms with Crippen molar-refractivity contribution in [3.8, 4) is 23.1 Å². The zero-order valence-corrected chi connectivity index (χ0v) is 23.5. The number of carbonyl (C=O) groups is 1. The number of nitrogens with zero attached hydrogens (tertiary/aromatic N) is 2. The molecule has 0 saturated carbocycles. The van der Waals surface area contributed by atoms with Crippen LogP contribution in [0, 0.1) is 0 Å². The summed E-state index contributed by atoms with van der Waals surface area (Å²) in [4.78, 5) is 12.4. The van der Waals surface area contributed by atoms with Gasteiger partial charge in [-0.15, -0.1) is 10.2 Å². The van der Waals surface area contributed by atoms with Gasteiger partial charge in [0.2, 0.25) is 11.8 Å². The summed E-state index contributed by atoms with van der Waals surface area (Å²) in [7, 11) is 0. The summed E-state index contributed by atoms with van der Waals surface area (Å²) >= 11 is 0. The van der Waals surface area contributed by atoms with Crippen LogP contribution in [0.4, 0.5) is 5.69 Å². The largest absolute Gasteiger partial charge is 0.451 e. The van der Waals surface area contributed by atoms with Crippen LogP contribution in [0.2, 0.25) is 0 Å². The maximum atomic E-state index is 12.4. The highest BCUT2D eigenvalue weighted by Gasteiger charge is 2.16. The Bertz CT molecular complexity index is 1520. The number of aromatic nitrogens is 2. The zero-order valence-electron chi connectivity index (χ0n) is 23.5. The third-order valence-corrected chi connectivity index (χ3v) is 7.48. The van der Waals surface area contributed by atoms with Crippen LogP contribution in [0.15, 0.2) is 75.6 Å². The third kappa shape index (κ3) is 7.17. The molecule has 2 heterocycles. The van der Waals surface area contributed by atoms with Crippen molar-refractivity contribution in [1.82, 2.24) is 10.2 Å². The van der Waals surface area contributed by atoms with Gasteiger partial charge < -0.3 is 14.2 Å². The molecule has 6 heteroatoms. The molecule has 6 nitrogen and oxygen atoms in total. The highest BCUT2D eigenvalue weighted by atomic mass is 16.4. The van der Waals surface area contributed by atoms with Gasteiger partial charge in [0.15, 0.2) is 5.76 Å². The monoisotopic (exact) mass is 537 g/mol. The van der Waals surface area contributed by atoms with Gasteiger partial charge in [-0.25, -0.2) is 0 Å². The van der Waals surface area contributed by atoms with E-state index < -0.39 is 0 Å². The van der Waals surface area contributed by atoms with Gasteiger partial charge in [-0.1, -0.05) is 101 Å². The molecule has 0 radical (unpaired) electrons. The number of nitrogens with one attached hydrogen (secondary N) is 1. The second-order valence-electron chi connectivity index (χ2n) is 10.6. The SMILES string of the molecule is CCCCCCCCCCCCCC(=O)Nc1ccc(-c2nnc(-c3cc4c(ccc5ccccc54)o3)o2)cc1. The quantitative estimate of drug-likeness (QED) is 0.134. The molecule has 2 aromatic heterocycles. The lowest BCUT2D eigenvalue weighted by atomic mass is 10.1. The summed E-state index contributed by atoms with van der Waals surface area (Å²) in [6.07, 6.45) is 14.6. The number of fused-ring (bicyclic) bond motifs is 3. The van der Waals surface area contributed by atoms with Gasteiger partial charge in [-0.2, -0.15) is 0 Å². The lowest BCUT2D eigenvalue weighted by Crippen LogP contribution is -2.10. The molecule has 0 atom stereocenters. The highest BCUT2D eigenvalue weighted by Crippen LogP contribution is 2.33. The lowest BCUT2D eigenvalue weighted by molar-refractivity contribution is -0.116. The number of benzene rings is 3. The van der Waals surface area contributed by atoms with Crippen molar-refractivity contribution >= 4 is 33.3 Å². The van der Waals surface area contributed by atoms with E-state index in [4.69, 9.17) is 8.83 Å². The Hall–Kier alpha value is -3.93. The van der Waals surface area contributed by atoms with E-state index >= 15 is 0 Å². The number of anilines is 1. The Morgan fingerprint density at radius 2 is 1.38 bits per heavy atom. The molecule has 0 fully saturated rings. The van der Waals surface area contributed by atoms with Gasteiger partial charge in [0.25, 0.3) is 5.89 Å². The van der Waals surface area contributed by atoms with E-state index in [1.165, 1.54) is 57.8 Å². The summed E-state index contributed by atoms with van der Waals surface area (Å²) in [6, 6.07) is 21.6. The first-order valence-electron chi connectivity index (χ1n) is 14.9. The van der Waals surface area contributed by atoms with Crippen LogP contribution in [0.5, 0.6) is 0 Å². The van der Waals surface area contributed by atoms with Gasteiger partial charge in [-0.3, -0.25) is 4.79 Å². The summed E-state index contributed by atoms with van der Waals surface area (Å²) in [5, 5.41) is 14.7. The number of furan rings is 1. The molecule has 40 heavy (non-hydrogen) atoms. The van der Waals surface area contributed by atoms with Crippen molar-refractivity contribution in [3.63, 3.8) is 0 Å². The lowest BCUT2D eigenvalue weighted by Gasteiger charge is -2.06. The zero-order chi connectivity index (χ0) is 27.6. The minimum Gasteiger partial charge on any atom is -0.451 e. The Morgan fingerprint density at radius 3 is 2.12 bits per heavy atom. The van der Waals surface area contributed by atoms with E-state index in [2.05, 4.69) is 34.6 Å². The molecule has 5 rings (SSSR count). The fourth-order valence-corrected chi connectivity index (χ4v) is 5.21. The molecule has 0 bridgehead atoms. The third-order valence-electron chi connectivity index (χ3n) is 7.48. The first kappa shape index (κ1) is 27.6. The molecule has 0 aliphatic heterocycles. The van der Waals surface area contributed by atoms with Gasteiger partial charge in [-0.05, 0) is 53.6 Å². The van der Waals surface area contributed by atoms with Crippen LogP contribution in [0.25, 0.3) is 44.8 Å². The van der Waals surface area contributed by atoms with E-state index in [9.17, 15) is 4.79 Å². The number of unbranched alkanes of at least 4 members (excludes halogenated alkanes) is 10. The molecule has 5 aromatic rings. The van der Waals surface area contributed by atoms with Crippen molar-refractivity contribution in [2.45, 2.75) is 84.0 Å². The fourth-order valence-electron chi connectivity index (χ4n) is 5.21. The minimum atomic E-state index is 0.0566. The van der Waals surface area contributed by atoms with Crippen LogP contribution in [0.3, 0.4) is 0 Å². The molecule has 1 N–H and O–H groups in total. The van der Waals surface area contributed by atoms with E-state index in [0.29, 0.717) is 24.0 Å². The molecule has 0 unspecified atom stereocenters. The van der Waals surface area contributed by atoms with Crippen molar-refractivity contribution in [1.29, 1.82) is 0 Å². The molecule has 0 aliphatic rings. The van der Waals surface area contributed by atoms with E-state index in [1.807, 2.05) is 54.6 Å². The van der Waals surface area contributed by atoms with Crippen LogP contribution in [0.1, 0.15) is 84.0 Å². The second-order valence-corrected chi connectivity index (χ2v) is 10.6. The summed E-state index contributed by atoms with van der Waals surface area (Å²) in [5.41, 5.74) is 2.33. The van der Waals surface area contributed by atoms with Crippen LogP contribution in [-0.4, -0.2) is 16.1 Å². The van der Waals surface area contributed by atoms with Crippen molar-refractivity contribution in [2.75, 3.05) is 5.32 Å². The first-order chi connectivity index (χ1) is 19.7. The number of amides is 1. The number of carbonyl (C=O) groups excluding carboxylic acids is 1. The molecule has 0 saturated heterocycles. The van der Waals surface area contributed by atoms with E-state index in [0.717, 1.165) is 45.8 Å². The number of hydrogen-bond donors (Lipinski definition) is 1. The maximum absolute atomic E-state index is 12.4. The van der Waals surface area contributed by atoms with Crippen LogP contribution >= 0.6 is 0 Å². The Morgan fingerprint density at radius 1 is 0.700 bits per heavy atom. The maximum Gasteiger partial charge on any atom is 0.283 e. The van der Waals surface area contributed by atoms with Crippen molar-refractivity contribution in [2.24, 2.45) is 0 Å². The van der Waals surface area contributed by atoms with Gasteiger partial charge in [0, 0.05) is 23.1 Å². The predicted octanol–water partition coefficient (Wildman–Crippen LogP) is 9.94. The Kier molecular flexibility index (Phi) is 9.62. The smallest absolute Gasteiger partial charge is 0.283 e. The summed E-state index contributed by atoms with van der Waals surface area (Å²) in [5.74, 6) is 1.33. The van der Waals surface area contributed by atoms with Crippen LogP contribution in [-0.2, 0) is 4.79 Å². The summed E-state index contributed by atoms with van der Waals surface area (Å²) in [6.45, 7) is 2.26. The minimum absolute atomic E-state index is 0.0566. The average Bonchev–Trinajstić information content (AvgIpc) is 3.64. The van der Waals surface area contributed by atoms with Crippen molar-refractivity contribution < 1.29 is 13.6 Å². The molecular weight excluding hydrogens is 498 g/mol. The van der Waals surface area contributed by atoms with E-state index in [1.54, 1.807) is 0 Å². The number of hydrogen-bond acceptors (Lipinski definition) is 5. The topological polar surface area (TPSA) is 81.2 Å². The molecule has 3 aromatic carbocycles. The van der Waals surface area contributed by atoms with E-state index in [-0.39, 0.29) is 5.91 Å². The summed E-state index contributed by atoms with van der Waals surface area (Å²) < 4.78 is 11.9. The fraction of sp³-hybridized carbons (Fsp3) is 0.382. The molecule has 0 spiro atoms. The number of rotatable bonds is 15. The Balaban J connectivity index is 1.07. The normalized spacial score (nSPS) is 11.4. The predicted molar refractivity (Wildman–Crippen MR) is 162 cm³/mol. The van der Waals surface area contributed by atoms with Gasteiger partial charge in [0.05, 0.1) is 0 Å². The second kappa shape index (κ2) is 13.9. The first-order valence-corrected chi connectivity index (χ1v) is 14.9. The molecular formula is C34H39N3O3. The van der Waals surface area contributed by atoms with Gasteiger partial charge >= 0.3 is 0 Å². The average molecular weight is 538 g/mol. The highest BCUT2D eigenvalue weighted by molar-refractivity contribution is 6.06. The molecule has 0 aliphatic carbocycles. The Labute approximate surface area is 236 Å². The molecule has 1 amide bonds. The van der Waals surface area contributed by atoms with Gasteiger partial charge in [0.1, 0.15) is 5.58 Å². The standard InChI is InChI=1S/C34H39N3O3/c1-2-3-4-5-6-7-8-9-10-11-12-17-32(38)35-27-21-18-26(19-22-27)33-36-37-34(40-33)31-24-29-28-16-14-13-15-25(28)20-23-30(29)39-31/h13-16,18-24H,2-12,17H2,1H3,(H,35,38). The van der Waals surface area contributed by atoms with Crippen LogP contribution < -0.4 is 5.32 Å². The molecule has 208 valence electrons. The van der Waals surface area contributed by atoms with Crippen molar-refractivity contribution in [3.05, 3.63) is 66.7 Å².